The maximum Gasteiger partial charge on any atom is 0.311 e. The van der Waals surface area contributed by atoms with E-state index in [-0.39, 0.29) is 41.4 Å². The monoisotopic (exact) mass is 256 g/mol. The first-order valence-electron chi connectivity index (χ1n) is 4.85. The van der Waals surface area contributed by atoms with Gasteiger partial charge in [-0.3, -0.25) is 14.9 Å². The number of nitro groups is 1. The van der Waals surface area contributed by atoms with Gasteiger partial charge in [0.05, 0.1) is 4.92 Å². The van der Waals surface area contributed by atoms with Gasteiger partial charge in [-0.15, -0.1) is 0 Å². The second kappa shape index (κ2) is 4.27. The summed E-state index contributed by atoms with van der Waals surface area (Å²) >= 11 is 5.68. The summed E-state index contributed by atoms with van der Waals surface area (Å²) in [5.74, 6) is -0.247. The Hall–Kier alpha value is -1.73. The van der Waals surface area contributed by atoms with Gasteiger partial charge in [-0.25, -0.2) is 4.98 Å². The van der Waals surface area contributed by atoms with E-state index < -0.39 is 4.92 Å². The number of nitrogens with two attached hydrogens (primary N) is 1. The molecule has 1 aliphatic heterocycles. The molecule has 0 aromatic carbocycles. The molecule has 0 bridgehead atoms. The van der Waals surface area contributed by atoms with Crippen molar-refractivity contribution in [3.05, 3.63) is 27.5 Å². The zero-order valence-corrected chi connectivity index (χ0v) is 9.42. The molecule has 0 radical (unpaired) electrons. The molecule has 1 aliphatic rings. The normalized spacial score (nSPS) is 19.8. The number of amides is 1. The molecule has 7 nitrogen and oxygen atoms in total. The van der Waals surface area contributed by atoms with E-state index in [4.69, 9.17) is 17.3 Å². The van der Waals surface area contributed by atoms with Crippen molar-refractivity contribution in [3.63, 3.8) is 0 Å². The molecule has 1 atom stereocenters. The number of rotatable bonds is 2. The van der Waals surface area contributed by atoms with Gasteiger partial charge >= 0.3 is 5.69 Å². The highest BCUT2D eigenvalue weighted by atomic mass is 35.5. The quantitative estimate of drug-likeness (QED) is 0.477. The second-order valence-electron chi connectivity index (χ2n) is 3.72. The lowest BCUT2D eigenvalue weighted by Crippen LogP contribution is -2.28. The van der Waals surface area contributed by atoms with E-state index in [1.807, 2.05) is 0 Å². The fourth-order valence-corrected chi connectivity index (χ4v) is 1.89. The van der Waals surface area contributed by atoms with Crippen LogP contribution in [0.15, 0.2) is 12.3 Å². The first-order chi connectivity index (χ1) is 7.99. The third-order valence-electron chi connectivity index (χ3n) is 2.47. The van der Waals surface area contributed by atoms with Gasteiger partial charge in [0.25, 0.3) is 0 Å². The highest BCUT2D eigenvalue weighted by Gasteiger charge is 2.32. The molecule has 1 fully saturated rings. The lowest BCUT2D eigenvalue weighted by atomic mass is 10.3. The van der Waals surface area contributed by atoms with Crippen molar-refractivity contribution in [2.24, 2.45) is 5.73 Å². The van der Waals surface area contributed by atoms with E-state index in [1.165, 1.54) is 11.0 Å². The zero-order chi connectivity index (χ0) is 12.6. The lowest BCUT2D eigenvalue weighted by molar-refractivity contribution is -0.384. The molecule has 0 saturated carbocycles. The fraction of sp³-hybridized carbons (Fsp3) is 0.333. The summed E-state index contributed by atoms with van der Waals surface area (Å²) in [4.78, 5) is 26.8. The van der Waals surface area contributed by atoms with Crippen LogP contribution in [0.3, 0.4) is 0 Å². The Morgan fingerprint density at radius 3 is 2.88 bits per heavy atom. The lowest BCUT2D eigenvalue weighted by Gasteiger charge is -2.15. The number of hydrogen-bond acceptors (Lipinski definition) is 5. The van der Waals surface area contributed by atoms with Crippen LogP contribution in [0.2, 0.25) is 5.15 Å². The van der Waals surface area contributed by atoms with Crippen molar-refractivity contribution in [1.82, 2.24) is 4.98 Å². The van der Waals surface area contributed by atoms with Gasteiger partial charge in [0.15, 0.2) is 0 Å². The van der Waals surface area contributed by atoms with Crippen molar-refractivity contribution in [1.29, 1.82) is 0 Å². The zero-order valence-electron chi connectivity index (χ0n) is 8.67. The standard InChI is InChI=1S/C9H9ClN4O3/c10-8-2-6(7(3-12-8)14(16)17)13-4-5(11)1-9(13)15/h2-3,5H,1,4,11H2. The molecule has 1 unspecified atom stereocenters. The number of carbonyl (C=O) groups is 1. The molecule has 90 valence electrons. The molecule has 2 N–H and O–H groups in total. The minimum absolute atomic E-state index is 0.0962. The Labute approximate surface area is 101 Å². The van der Waals surface area contributed by atoms with Gasteiger partial charge in [0.1, 0.15) is 17.0 Å². The highest BCUT2D eigenvalue weighted by molar-refractivity contribution is 6.29. The summed E-state index contributed by atoms with van der Waals surface area (Å²) in [7, 11) is 0. The number of aromatic nitrogens is 1. The molecule has 1 aromatic heterocycles. The van der Waals surface area contributed by atoms with Gasteiger partial charge in [0, 0.05) is 25.1 Å². The van der Waals surface area contributed by atoms with E-state index in [2.05, 4.69) is 4.98 Å². The topological polar surface area (TPSA) is 102 Å². The maximum absolute atomic E-state index is 11.6. The minimum Gasteiger partial charge on any atom is -0.326 e. The molecule has 2 rings (SSSR count). The predicted octanol–water partition coefficient (Wildman–Crippen LogP) is 0.707. The molecule has 0 spiro atoms. The Bertz CT molecular complexity index is 493. The van der Waals surface area contributed by atoms with Crippen LogP contribution in [0.25, 0.3) is 0 Å². The molecule has 1 saturated heterocycles. The maximum atomic E-state index is 11.6. The van der Waals surface area contributed by atoms with Crippen molar-refractivity contribution in [2.45, 2.75) is 12.5 Å². The van der Waals surface area contributed by atoms with Crippen LogP contribution in [0.5, 0.6) is 0 Å². The first-order valence-corrected chi connectivity index (χ1v) is 5.22. The average molecular weight is 257 g/mol. The fourth-order valence-electron chi connectivity index (χ4n) is 1.74. The van der Waals surface area contributed by atoms with Crippen molar-refractivity contribution >= 4 is 28.9 Å². The highest BCUT2D eigenvalue weighted by Crippen LogP contribution is 2.32. The number of hydrogen-bond donors (Lipinski definition) is 1. The van der Waals surface area contributed by atoms with Crippen LogP contribution in [0.1, 0.15) is 6.42 Å². The Morgan fingerprint density at radius 1 is 1.65 bits per heavy atom. The third-order valence-corrected chi connectivity index (χ3v) is 2.68. The largest absolute Gasteiger partial charge is 0.326 e. The van der Waals surface area contributed by atoms with Gasteiger partial charge < -0.3 is 10.6 Å². The van der Waals surface area contributed by atoms with Crippen LogP contribution in [0.4, 0.5) is 11.4 Å². The molecule has 8 heteroatoms. The van der Waals surface area contributed by atoms with Gasteiger partial charge in [-0.2, -0.15) is 0 Å². The van der Waals surface area contributed by atoms with E-state index in [9.17, 15) is 14.9 Å². The van der Waals surface area contributed by atoms with Gasteiger partial charge in [-0.05, 0) is 0 Å². The number of nitrogens with zero attached hydrogens (tertiary/aromatic N) is 3. The number of pyridine rings is 1. The predicted molar refractivity (Wildman–Crippen MR) is 60.8 cm³/mol. The average Bonchev–Trinajstić information content (AvgIpc) is 2.57. The van der Waals surface area contributed by atoms with Gasteiger partial charge in [-0.1, -0.05) is 11.6 Å². The van der Waals surface area contributed by atoms with E-state index in [0.717, 1.165) is 6.20 Å². The smallest absolute Gasteiger partial charge is 0.311 e. The Kier molecular flexibility index (Phi) is 2.95. The molecule has 17 heavy (non-hydrogen) atoms. The van der Waals surface area contributed by atoms with Crippen LogP contribution < -0.4 is 10.6 Å². The van der Waals surface area contributed by atoms with Crippen molar-refractivity contribution in [2.75, 3.05) is 11.4 Å². The summed E-state index contributed by atoms with van der Waals surface area (Å²) in [6, 6.07) is 0.990. The van der Waals surface area contributed by atoms with E-state index >= 15 is 0 Å². The molecule has 1 amide bonds. The van der Waals surface area contributed by atoms with Crippen LogP contribution in [-0.2, 0) is 4.79 Å². The van der Waals surface area contributed by atoms with E-state index in [1.54, 1.807) is 0 Å². The van der Waals surface area contributed by atoms with E-state index in [0.29, 0.717) is 0 Å². The number of halogens is 1. The summed E-state index contributed by atoms with van der Waals surface area (Å²) in [6.07, 6.45) is 1.21. The molecule has 0 aliphatic carbocycles. The third kappa shape index (κ3) is 2.20. The van der Waals surface area contributed by atoms with Crippen molar-refractivity contribution in [3.8, 4) is 0 Å². The summed E-state index contributed by atoms with van der Waals surface area (Å²) in [6.45, 7) is 0.250. The number of carbonyl (C=O) groups excluding carboxylic acids is 1. The molecular weight excluding hydrogens is 248 g/mol. The second-order valence-corrected chi connectivity index (χ2v) is 4.11. The van der Waals surface area contributed by atoms with Crippen LogP contribution in [0, 0.1) is 10.1 Å². The molecule has 1 aromatic rings. The van der Waals surface area contributed by atoms with Crippen LogP contribution >= 0.6 is 11.6 Å². The summed E-state index contributed by atoms with van der Waals surface area (Å²) in [5.41, 5.74) is 5.53. The SMILES string of the molecule is NC1CC(=O)N(c2cc(Cl)ncc2[N+](=O)[O-])C1. The minimum atomic E-state index is -0.601. The summed E-state index contributed by atoms with van der Waals surface area (Å²) in [5, 5.41) is 10.9. The van der Waals surface area contributed by atoms with Gasteiger partial charge in [0.2, 0.25) is 5.91 Å². The summed E-state index contributed by atoms with van der Waals surface area (Å²) < 4.78 is 0. The molecular formula is C9H9ClN4O3. The number of anilines is 1. The van der Waals surface area contributed by atoms with Crippen LogP contribution in [-0.4, -0.2) is 28.4 Å². The van der Waals surface area contributed by atoms with Crippen molar-refractivity contribution < 1.29 is 9.72 Å². The molecule has 2 heterocycles. The Balaban J connectivity index is 2.46. The Morgan fingerprint density at radius 2 is 2.35 bits per heavy atom. The first kappa shape index (κ1) is 11.7.